The summed E-state index contributed by atoms with van der Waals surface area (Å²) in [6.07, 6.45) is 0.425. The molecule has 1 aromatic rings. The molecular weight excluding hydrogens is 360 g/mol. The minimum atomic E-state index is -3.57. The lowest BCUT2D eigenvalue weighted by atomic mass is 10.2. The Bertz CT molecular complexity index is 824. The van der Waals surface area contributed by atoms with Crippen molar-refractivity contribution < 1.29 is 27.5 Å². The lowest BCUT2D eigenvalue weighted by Crippen LogP contribution is -2.27. The number of sulfonamides is 1. The summed E-state index contributed by atoms with van der Waals surface area (Å²) >= 11 is 0. The Balaban J connectivity index is 1.78. The molecule has 0 bridgehead atoms. The van der Waals surface area contributed by atoms with Crippen LogP contribution in [0.1, 0.15) is 39.2 Å². The van der Waals surface area contributed by atoms with Crippen LogP contribution in [0.5, 0.6) is 0 Å². The Hall–Kier alpha value is -2.42. The molecule has 2 rings (SSSR count). The zero-order valence-electron chi connectivity index (χ0n) is 14.9. The Kier molecular flexibility index (Phi) is 6.01. The van der Waals surface area contributed by atoms with E-state index in [4.69, 9.17) is 9.47 Å². The van der Waals surface area contributed by atoms with E-state index in [2.05, 4.69) is 9.71 Å². The van der Waals surface area contributed by atoms with Crippen LogP contribution in [-0.2, 0) is 29.1 Å². The van der Waals surface area contributed by atoms with E-state index < -0.39 is 34.2 Å². The third-order valence-electron chi connectivity index (χ3n) is 3.24. The van der Waals surface area contributed by atoms with Gasteiger partial charge in [0.15, 0.2) is 6.61 Å². The second-order valence-electron chi connectivity index (χ2n) is 6.68. The van der Waals surface area contributed by atoms with Crippen molar-refractivity contribution in [1.82, 2.24) is 4.72 Å². The molecule has 142 valence electrons. The van der Waals surface area contributed by atoms with E-state index in [0.29, 0.717) is 12.0 Å². The van der Waals surface area contributed by atoms with Crippen molar-refractivity contribution in [3.63, 3.8) is 0 Å². The molecule has 1 aliphatic rings. The van der Waals surface area contributed by atoms with Crippen molar-refractivity contribution >= 4 is 27.8 Å². The maximum absolute atomic E-state index is 11.9. The van der Waals surface area contributed by atoms with Crippen LogP contribution < -0.4 is 4.72 Å². The highest BCUT2D eigenvalue weighted by Gasteiger charge is 2.29. The van der Waals surface area contributed by atoms with Gasteiger partial charge in [-0.15, -0.1) is 0 Å². The lowest BCUT2D eigenvalue weighted by molar-refractivity contribution is -0.166. The summed E-state index contributed by atoms with van der Waals surface area (Å²) in [6, 6.07) is 6.54. The van der Waals surface area contributed by atoms with Crippen LogP contribution in [0.4, 0.5) is 0 Å². The van der Waals surface area contributed by atoms with E-state index in [1.54, 1.807) is 39.0 Å². The molecule has 0 aliphatic carbocycles. The number of benzene rings is 1. The normalized spacial score (nSPS) is 16.7. The van der Waals surface area contributed by atoms with Crippen LogP contribution in [0, 0.1) is 0 Å². The smallest absolute Gasteiger partial charge is 0.344 e. The molecule has 0 fully saturated rings. The summed E-state index contributed by atoms with van der Waals surface area (Å²) in [6.45, 7) is 4.98. The van der Waals surface area contributed by atoms with E-state index in [0.717, 1.165) is 0 Å². The largest absolute Gasteiger partial charge is 0.457 e. The molecule has 1 aliphatic heterocycles. The molecule has 0 unspecified atom stereocenters. The Morgan fingerprint density at radius 2 is 1.85 bits per heavy atom. The average Bonchev–Trinajstić information content (AvgIpc) is 2.79. The standard InChI is InChI=1S/C17H22N2O6S/c1-17(2,3)25-15(21)11-24-14(20)9-6-10-18-16-12-7-4-5-8-13(12)26(22,23)19-16/h4-5,7-8H,6,9-11H2,1-3H3,(H,18,19). The summed E-state index contributed by atoms with van der Waals surface area (Å²) in [5, 5.41) is 0. The van der Waals surface area contributed by atoms with E-state index in [9.17, 15) is 18.0 Å². The third-order valence-corrected chi connectivity index (χ3v) is 4.64. The molecule has 0 spiro atoms. The van der Waals surface area contributed by atoms with Gasteiger partial charge in [0, 0.05) is 18.5 Å². The first kappa shape index (κ1) is 19.9. The molecule has 1 heterocycles. The van der Waals surface area contributed by atoms with Gasteiger partial charge in [-0.2, -0.15) is 0 Å². The van der Waals surface area contributed by atoms with Gasteiger partial charge in [0.05, 0.1) is 4.90 Å². The lowest BCUT2D eigenvalue weighted by Gasteiger charge is -2.19. The molecule has 1 aromatic carbocycles. The van der Waals surface area contributed by atoms with Gasteiger partial charge in [-0.05, 0) is 39.3 Å². The number of carbonyl (C=O) groups is 2. The number of esters is 2. The molecule has 0 saturated heterocycles. The number of nitrogens with one attached hydrogen (secondary N) is 1. The summed E-state index contributed by atoms with van der Waals surface area (Å²) in [5.41, 5.74) is -0.121. The summed E-state index contributed by atoms with van der Waals surface area (Å²) in [4.78, 5) is 27.5. The van der Waals surface area contributed by atoms with Crippen LogP contribution >= 0.6 is 0 Å². The maximum atomic E-state index is 11.9. The number of carbonyl (C=O) groups excluding carboxylic acids is 2. The quantitative estimate of drug-likeness (QED) is 0.588. The minimum Gasteiger partial charge on any atom is -0.457 e. The number of fused-ring (bicyclic) bond motifs is 1. The van der Waals surface area contributed by atoms with Gasteiger partial charge in [-0.25, -0.2) is 13.2 Å². The molecule has 0 atom stereocenters. The molecule has 0 saturated carbocycles. The first-order valence-corrected chi connectivity index (χ1v) is 9.61. The highest BCUT2D eigenvalue weighted by atomic mass is 32.2. The summed E-state index contributed by atoms with van der Waals surface area (Å²) in [5.74, 6) is -0.880. The number of hydrogen-bond donors (Lipinski definition) is 1. The second-order valence-corrected chi connectivity index (χ2v) is 8.33. The van der Waals surface area contributed by atoms with E-state index >= 15 is 0 Å². The number of amidine groups is 1. The van der Waals surface area contributed by atoms with Gasteiger partial charge >= 0.3 is 11.9 Å². The molecule has 26 heavy (non-hydrogen) atoms. The monoisotopic (exact) mass is 382 g/mol. The molecule has 1 N–H and O–H groups in total. The maximum Gasteiger partial charge on any atom is 0.344 e. The van der Waals surface area contributed by atoms with Gasteiger partial charge in [-0.3, -0.25) is 14.5 Å². The number of aliphatic imine (C=N–C) groups is 1. The number of nitrogens with zero attached hydrogens (tertiary/aromatic N) is 1. The molecule has 0 aromatic heterocycles. The zero-order chi connectivity index (χ0) is 19.4. The second kappa shape index (κ2) is 7.86. The molecule has 8 nitrogen and oxygen atoms in total. The topological polar surface area (TPSA) is 111 Å². The van der Waals surface area contributed by atoms with Gasteiger partial charge in [0.2, 0.25) is 0 Å². The Morgan fingerprint density at radius 1 is 1.15 bits per heavy atom. The van der Waals surface area contributed by atoms with E-state index in [1.807, 2.05) is 0 Å². The highest BCUT2D eigenvalue weighted by molar-refractivity contribution is 7.90. The number of rotatable bonds is 6. The fourth-order valence-electron chi connectivity index (χ4n) is 2.25. The minimum absolute atomic E-state index is 0.0635. The van der Waals surface area contributed by atoms with Crippen LogP contribution in [0.3, 0.4) is 0 Å². The fourth-order valence-corrected chi connectivity index (χ4v) is 3.50. The van der Waals surface area contributed by atoms with Gasteiger partial charge in [-0.1, -0.05) is 12.1 Å². The highest BCUT2D eigenvalue weighted by Crippen LogP contribution is 2.22. The predicted molar refractivity (Wildman–Crippen MR) is 94.2 cm³/mol. The zero-order valence-corrected chi connectivity index (χ0v) is 15.8. The Labute approximate surface area is 152 Å². The summed E-state index contributed by atoms with van der Waals surface area (Å²) in [7, 11) is -3.57. The van der Waals surface area contributed by atoms with E-state index in [-0.39, 0.29) is 23.7 Å². The third kappa shape index (κ3) is 5.55. The first-order valence-electron chi connectivity index (χ1n) is 8.13. The number of ether oxygens (including phenoxy) is 2. The Morgan fingerprint density at radius 3 is 2.54 bits per heavy atom. The average molecular weight is 382 g/mol. The van der Waals surface area contributed by atoms with Gasteiger partial charge in [0.25, 0.3) is 10.0 Å². The van der Waals surface area contributed by atoms with Crippen LogP contribution in [-0.4, -0.2) is 44.9 Å². The van der Waals surface area contributed by atoms with Crippen LogP contribution in [0.25, 0.3) is 0 Å². The molecular formula is C17H22N2O6S. The molecule has 9 heteroatoms. The number of hydrogen-bond acceptors (Lipinski definition) is 7. The van der Waals surface area contributed by atoms with Crippen LogP contribution in [0.15, 0.2) is 34.2 Å². The van der Waals surface area contributed by atoms with Gasteiger partial charge in [0.1, 0.15) is 11.4 Å². The molecule has 0 radical (unpaired) electrons. The van der Waals surface area contributed by atoms with Gasteiger partial charge < -0.3 is 9.47 Å². The summed E-state index contributed by atoms with van der Waals surface area (Å²) < 4.78 is 36.1. The van der Waals surface area contributed by atoms with Crippen molar-refractivity contribution in [2.24, 2.45) is 4.99 Å². The van der Waals surface area contributed by atoms with Crippen LogP contribution in [0.2, 0.25) is 0 Å². The van der Waals surface area contributed by atoms with Crippen molar-refractivity contribution in [1.29, 1.82) is 0 Å². The SMILES string of the molecule is CC(C)(C)OC(=O)COC(=O)CCCN=C1NS(=O)(=O)c2ccccc21. The first-order chi connectivity index (χ1) is 12.1. The fraction of sp³-hybridized carbons (Fsp3) is 0.471. The van der Waals surface area contributed by atoms with Crippen molar-refractivity contribution in [2.75, 3.05) is 13.2 Å². The van der Waals surface area contributed by atoms with Crippen molar-refractivity contribution in [2.45, 2.75) is 44.1 Å². The predicted octanol–water partition coefficient (Wildman–Crippen LogP) is 1.39. The van der Waals surface area contributed by atoms with Crippen molar-refractivity contribution in [3.8, 4) is 0 Å². The van der Waals surface area contributed by atoms with Crippen molar-refractivity contribution in [3.05, 3.63) is 29.8 Å². The molecule has 0 amide bonds. The van der Waals surface area contributed by atoms with E-state index in [1.165, 1.54) is 6.07 Å².